The molecule has 0 aromatic carbocycles. The highest BCUT2D eigenvalue weighted by molar-refractivity contribution is 5.73. The van der Waals surface area contributed by atoms with E-state index >= 15 is 0 Å². The lowest BCUT2D eigenvalue weighted by atomic mass is 9.99. The summed E-state index contributed by atoms with van der Waals surface area (Å²) in [7, 11) is 0. The number of aliphatic hydroxyl groups excluding tert-OH is 3. The fourth-order valence-electron chi connectivity index (χ4n) is 12.2. The number of hydrogen-bond donors (Lipinski definition) is 4. The fraction of sp³-hybridized carbons (Fsp3) is 0.919. The van der Waals surface area contributed by atoms with Gasteiger partial charge in [-0.25, -0.2) is 0 Å². The number of rotatable bonds is 65. The van der Waals surface area contributed by atoms with Crippen LogP contribution in [0.2, 0.25) is 0 Å². The lowest BCUT2D eigenvalue weighted by molar-refractivity contribution is -0.167. The number of epoxide rings is 1. The van der Waals surface area contributed by atoms with Crippen molar-refractivity contribution >= 4 is 35.8 Å². The van der Waals surface area contributed by atoms with Crippen LogP contribution in [-0.4, -0.2) is 180 Å². The third kappa shape index (κ3) is 44.2. The maximum absolute atomic E-state index is 13.2. The Morgan fingerprint density at radius 2 is 0.796 bits per heavy atom. The SMILES string of the molecule is CCCCCCCCC(OC(=O)CCN1CC1C)C(O)CCCCCCCC(=O)OCC(COC(=O)CCCCCCCC(O)C(CCCCCCCC)OC(=O)CN1CC1C)OC(=O)CCCCCCCC1OC1CC(O)C(CCCCC)OC(=O)CCNCCC. The molecule has 3 saturated heterocycles. The predicted octanol–water partition coefficient (Wildman–Crippen LogP) is 13.4. The van der Waals surface area contributed by atoms with Crippen molar-refractivity contribution in [3.05, 3.63) is 0 Å². The number of carbonyl (C=O) groups is 6. The third-order valence-electron chi connectivity index (χ3n) is 18.7. The van der Waals surface area contributed by atoms with Crippen LogP contribution in [0.3, 0.4) is 0 Å². The monoisotopic (exact) mass is 1320 g/mol. The number of carbonyl (C=O) groups excluding carboxylic acids is 6. The van der Waals surface area contributed by atoms with Crippen LogP contribution in [0.4, 0.5) is 0 Å². The minimum Gasteiger partial charge on any atom is -0.462 e. The first-order chi connectivity index (χ1) is 45.1. The van der Waals surface area contributed by atoms with Gasteiger partial charge in [-0.15, -0.1) is 0 Å². The number of hydrogen-bond acceptors (Lipinski definition) is 19. The molecule has 542 valence electrons. The van der Waals surface area contributed by atoms with Gasteiger partial charge in [-0.05, 0) is 104 Å². The summed E-state index contributed by atoms with van der Waals surface area (Å²) in [4.78, 5) is 81.5. The van der Waals surface area contributed by atoms with Crippen molar-refractivity contribution in [3.8, 4) is 0 Å². The molecule has 0 radical (unpaired) electrons. The lowest BCUT2D eigenvalue weighted by Crippen LogP contribution is -2.33. The molecule has 19 heteroatoms. The zero-order valence-corrected chi connectivity index (χ0v) is 59.5. The molecule has 0 amide bonds. The molecule has 0 aromatic rings. The highest BCUT2D eigenvalue weighted by Gasteiger charge is 2.41. The molecule has 0 spiro atoms. The van der Waals surface area contributed by atoms with Gasteiger partial charge >= 0.3 is 35.8 Å². The van der Waals surface area contributed by atoms with Gasteiger partial charge in [-0.1, -0.05) is 182 Å². The van der Waals surface area contributed by atoms with Crippen LogP contribution in [0.15, 0.2) is 0 Å². The van der Waals surface area contributed by atoms with E-state index in [2.05, 4.69) is 56.7 Å². The number of esters is 6. The van der Waals surface area contributed by atoms with Gasteiger partial charge in [0.1, 0.15) is 31.5 Å². The topological polar surface area (TPSA) is 249 Å². The molecule has 4 N–H and O–H groups in total. The standard InChI is InChI=1S/C74H135N3O16/c1-7-11-14-16-23-32-41-64(91-73(85)48-51-76-53-58(76)5)61(78)38-30-21-18-26-35-44-69(81)87-56-60(57-88-70(82)45-36-27-19-22-31-39-62(79)65(42-33-24-17-15-12-8-2)93-74(86)55-77-54-59(77)6)89-71(83)46-37-28-20-25-34-43-67-68(90-67)52-63(80)66(40-29-13-9-3)92-72(84)47-50-75-49-10-4/h58-68,75,78-80H,7-57H2,1-6H3. The van der Waals surface area contributed by atoms with Crippen LogP contribution >= 0.6 is 0 Å². The fourth-order valence-corrected chi connectivity index (χ4v) is 12.2. The number of nitrogens with zero attached hydrogens (tertiary/aromatic N) is 2. The molecule has 0 bridgehead atoms. The molecular formula is C74H135N3O16. The molecule has 3 fully saturated rings. The molecule has 93 heavy (non-hydrogen) atoms. The van der Waals surface area contributed by atoms with Crippen molar-refractivity contribution in [1.29, 1.82) is 0 Å². The summed E-state index contributed by atoms with van der Waals surface area (Å²) in [6, 6.07) is 0.918. The highest BCUT2D eigenvalue weighted by atomic mass is 16.6. The van der Waals surface area contributed by atoms with Gasteiger partial charge < -0.3 is 53.8 Å². The molecule has 13 unspecified atom stereocenters. The Labute approximate surface area is 563 Å². The Balaban J connectivity index is 1.40. The van der Waals surface area contributed by atoms with Gasteiger partial charge in [-0.3, -0.25) is 38.6 Å². The van der Waals surface area contributed by atoms with E-state index in [1.807, 2.05) is 0 Å². The van der Waals surface area contributed by atoms with Crippen LogP contribution in [0.5, 0.6) is 0 Å². The van der Waals surface area contributed by atoms with E-state index in [9.17, 15) is 44.1 Å². The Kier molecular flexibility index (Phi) is 48.3. The summed E-state index contributed by atoms with van der Waals surface area (Å²) in [5.74, 6) is -2.10. The van der Waals surface area contributed by atoms with E-state index in [0.717, 1.165) is 167 Å². The smallest absolute Gasteiger partial charge is 0.320 e. The number of ether oxygens (including phenoxy) is 7. The third-order valence-corrected chi connectivity index (χ3v) is 18.7. The largest absolute Gasteiger partial charge is 0.462 e. The number of unbranched alkanes of at least 4 members (excludes halogenated alkanes) is 24. The number of aliphatic hydroxyl groups is 3. The van der Waals surface area contributed by atoms with Crippen LogP contribution < -0.4 is 5.32 Å². The molecule has 0 saturated carbocycles. The van der Waals surface area contributed by atoms with Gasteiger partial charge in [0.2, 0.25) is 0 Å². The van der Waals surface area contributed by atoms with E-state index in [4.69, 9.17) is 33.2 Å². The predicted molar refractivity (Wildman–Crippen MR) is 364 cm³/mol. The van der Waals surface area contributed by atoms with Crippen molar-refractivity contribution < 1.29 is 77.2 Å². The van der Waals surface area contributed by atoms with Gasteiger partial charge in [0.15, 0.2) is 6.10 Å². The Hall–Kier alpha value is -3.46. The van der Waals surface area contributed by atoms with Crippen molar-refractivity contribution in [1.82, 2.24) is 15.1 Å². The molecule has 0 aliphatic carbocycles. The molecule has 3 heterocycles. The summed E-state index contributed by atoms with van der Waals surface area (Å²) >= 11 is 0. The van der Waals surface area contributed by atoms with Crippen LogP contribution in [0, 0.1) is 0 Å². The van der Waals surface area contributed by atoms with E-state index in [0.29, 0.717) is 89.4 Å². The van der Waals surface area contributed by atoms with E-state index in [1.165, 1.54) is 38.5 Å². The van der Waals surface area contributed by atoms with E-state index in [-0.39, 0.29) is 75.6 Å². The number of nitrogens with one attached hydrogen (secondary N) is 1. The van der Waals surface area contributed by atoms with Crippen molar-refractivity contribution in [2.45, 2.75) is 385 Å². The highest BCUT2D eigenvalue weighted by Crippen LogP contribution is 2.33. The molecule has 13 atom stereocenters. The minimum absolute atomic E-state index is 0.0493. The quantitative estimate of drug-likeness (QED) is 0.0191. The summed E-state index contributed by atoms with van der Waals surface area (Å²) < 4.78 is 40.4. The second kappa shape index (κ2) is 53.6. The average Bonchev–Trinajstić information content (AvgIpc) is 1.91. The Morgan fingerprint density at radius 3 is 1.28 bits per heavy atom. The first-order valence-corrected chi connectivity index (χ1v) is 38.0. The summed E-state index contributed by atoms with van der Waals surface area (Å²) in [6.07, 6.45) is 30.3. The molecule has 3 aliphatic heterocycles. The van der Waals surface area contributed by atoms with Crippen molar-refractivity contribution in [2.24, 2.45) is 0 Å². The second-order valence-electron chi connectivity index (χ2n) is 27.6. The Bertz CT molecular complexity index is 1950. The van der Waals surface area contributed by atoms with Crippen LogP contribution in [0.25, 0.3) is 0 Å². The average molecular weight is 1320 g/mol. The zero-order chi connectivity index (χ0) is 67.7. The maximum Gasteiger partial charge on any atom is 0.320 e. The van der Waals surface area contributed by atoms with Crippen molar-refractivity contribution in [2.75, 3.05) is 52.5 Å². The summed E-state index contributed by atoms with van der Waals surface area (Å²) in [5, 5.41) is 36.6. The normalized spacial score (nSPS) is 20.4. The first kappa shape index (κ1) is 83.8. The molecular weight excluding hydrogens is 1190 g/mol. The molecule has 19 nitrogen and oxygen atoms in total. The maximum atomic E-state index is 13.2. The van der Waals surface area contributed by atoms with E-state index in [1.54, 1.807) is 0 Å². The minimum atomic E-state index is -0.956. The lowest BCUT2D eigenvalue weighted by Gasteiger charge is -2.23. The van der Waals surface area contributed by atoms with Crippen LogP contribution in [-0.2, 0) is 61.9 Å². The molecule has 3 rings (SSSR count). The molecule has 3 aliphatic rings. The first-order valence-electron chi connectivity index (χ1n) is 38.0. The van der Waals surface area contributed by atoms with Gasteiger partial charge in [0.25, 0.3) is 0 Å². The summed E-state index contributed by atoms with van der Waals surface area (Å²) in [5.41, 5.74) is 0. The Morgan fingerprint density at radius 1 is 0.409 bits per heavy atom. The van der Waals surface area contributed by atoms with Crippen LogP contribution in [0.1, 0.15) is 318 Å². The van der Waals surface area contributed by atoms with E-state index < -0.39 is 60.6 Å². The van der Waals surface area contributed by atoms with Gasteiger partial charge in [-0.2, -0.15) is 0 Å². The second-order valence-corrected chi connectivity index (χ2v) is 27.6. The van der Waals surface area contributed by atoms with Gasteiger partial charge in [0, 0.05) is 63.9 Å². The summed E-state index contributed by atoms with van der Waals surface area (Å²) in [6.45, 7) is 16.6. The van der Waals surface area contributed by atoms with Crippen molar-refractivity contribution in [3.63, 3.8) is 0 Å². The van der Waals surface area contributed by atoms with Gasteiger partial charge in [0.05, 0.1) is 49.9 Å². The molecule has 0 aromatic heterocycles. The zero-order valence-electron chi connectivity index (χ0n) is 59.5.